The Morgan fingerprint density at radius 2 is 2.70 bits per heavy atom. The minimum atomic E-state index is -0.817. The molecule has 0 fully saturated rings. The summed E-state index contributed by atoms with van der Waals surface area (Å²) in [5, 5.41) is 8.33. The van der Waals surface area contributed by atoms with Crippen LogP contribution in [0, 0.1) is 17.2 Å². The first-order valence-electron chi connectivity index (χ1n) is 2.68. The molecule has 0 aliphatic carbocycles. The molecule has 1 unspecified atom stereocenters. The van der Waals surface area contributed by atoms with Crippen molar-refractivity contribution < 1.29 is 14.3 Å². The van der Waals surface area contributed by atoms with Crippen LogP contribution in [0.3, 0.4) is 0 Å². The van der Waals surface area contributed by atoms with Gasteiger partial charge in [0, 0.05) is 0 Å². The summed E-state index contributed by atoms with van der Waals surface area (Å²) in [4.78, 5) is 10.1. The number of nitrogens with zero attached hydrogens (tertiary/aromatic N) is 1. The number of nitriles is 1. The molecule has 0 radical (unpaired) electrons. The molecule has 0 aromatic heterocycles. The number of carbonyl (C=O) groups is 1. The van der Waals surface area contributed by atoms with Gasteiger partial charge < -0.3 is 14.3 Å². The van der Waals surface area contributed by atoms with Crippen LogP contribution in [0.5, 0.6) is 0 Å². The number of allylic oxidation sites excluding steroid dienone is 1. The van der Waals surface area contributed by atoms with Gasteiger partial charge in [0.2, 0.25) is 6.79 Å². The van der Waals surface area contributed by atoms with E-state index in [1.807, 2.05) is 0 Å². The minimum absolute atomic E-state index is 0.0986. The van der Waals surface area contributed by atoms with Crippen LogP contribution in [-0.2, 0) is 14.3 Å². The molecule has 4 nitrogen and oxygen atoms in total. The molecular formula is C6H5NO3. The maximum absolute atomic E-state index is 10.1. The van der Waals surface area contributed by atoms with E-state index in [9.17, 15) is 4.79 Å². The summed E-state index contributed by atoms with van der Waals surface area (Å²) in [7, 11) is 0. The predicted molar refractivity (Wildman–Crippen MR) is 30.3 cm³/mol. The fourth-order valence-electron chi connectivity index (χ4n) is 0.576. The molecule has 10 heavy (non-hydrogen) atoms. The van der Waals surface area contributed by atoms with Crippen LogP contribution in [0.4, 0.5) is 0 Å². The van der Waals surface area contributed by atoms with Crippen LogP contribution in [0.15, 0.2) is 12.0 Å². The van der Waals surface area contributed by atoms with E-state index in [2.05, 4.69) is 4.74 Å². The van der Waals surface area contributed by atoms with E-state index >= 15 is 0 Å². The maximum Gasteiger partial charge on any atom is 0.229 e. The van der Waals surface area contributed by atoms with E-state index in [0.29, 0.717) is 6.29 Å². The van der Waals surface area contributed by atoms with Crippen LogP contribution >= 0.6 is 0 Å². The van der Waals surface area contributed by atoms with Crippen LogP contribution in [0.1, 0.15) is 0 Å². The highest BCUT2D eigenvalue weighted by atomic mass is 16.7. The molecule has 1 atom stereocenters. The molecule has 0 spiro atoms. The zero-order valence-electron chi connectivity index (χ0n) is 5.11. The lowest BCUT2D eigenvalue weighted by atomic mass is 10.2. The lowest BCUT2D eigenvalue weighted by Crippen LogP contribution is -2.02. The number of hydrogen-bond donors (Lipinski definition) is 0. The largest absolute Gasteiger partial charge is 0.462 e. The van der Waals surface area contributed by atoms with E-state index < -0.39 is 5.92 Å². The molecule has 0 saturated heterocycles. The lowest BCUT2D eigenvalue weighted by Gasteiger charge is -1.98. The van der Waals surface area contributed by atoms with Gasteiger partial charge in [-0.3, -0.25) is 0 Å². The van der Waals surface area contributed by atoms with Gasteiger partial charge in [-0.1, -0.05) is 0 Å². The smallest absolute Gasteiger partial charge is 0.229 e. The molecule has 0 aromatic rings. The first-order valence-corrected chi connectivity index (χ1v) is 2.68. The molecule has 0 amide bonds. The highest BCUT2D eigenvalue weighted by Crippen LogP contribution is 2.14. The van der Waals surface area contributed by atoms with Crippen LogP contribution < -0.4 is 0 Å². The Balaban J connectivity index is 2.63. The third-order valence-corrected chi connectivity index (χ3v) is 1.07. The summed E-state index contributed by atoms with van der Waals surface area (Å²) in [6, 6.07) is 1.75. The Morgan fingerprint density at radius 1 is 1.90 bits per heavy atom. The van der Waals surface area contributed by atoms with E-state index in [4.69, 9.17) is 10.00 Å². The molecule has 0 N–H and O–H groups in total. The standard InChI is InChI=1S/C6H5NO3/c7-1-5(2-8)6-3-9-4-10-6/h2-3,5H,4H2. The van der Waals surface area contributed by atoms with Crippen molar-refractivity contribution in [3.63, 3.8) is 0 Å². The van der Waals surface area contributed by atoms with Crippen LogP contribution in [-0.4, -0.2) is 13.1 Å². The van der Waals surface area contributed by atoms with Gasteiger partial charge in [0.15, 0.2) is 11.7 Å². The quantitative estimate of drug-likeness (QED) is 0.511. The number of hydrogen-bond acceptors (Lipinski definition) is 4. The van der Waals surface area contributed by atoms with Gasteiger partial charge in [0.05, 0.1) is 6.07 Å². The molecule has 4 heteroatoms. The topological polar surface area (TPSA) is 59.3 Å². The Kier molecular flexibility index (Phi) is 1.90. The van der Waals surface area contributed by atoms with Gasteiger partial charge in [-0.2, -0.15) is 5.26 Å². The van der Waals surface area contributed by atoms with Gasteiger partial charge in [0.1, 0.15) is 12.5 Å². The average Bonchev–Trinajstić information content (AvgIpc) is 2.43. The summed E-state index contributed by atoms with van der Waals surface area (Å²) in [5.74, 6) is -0.528. The Labute approximate surface area is 57.6 Å². The fourth-order valence-corrected chi connectivity index (χ4v) is 0.576. The predicted octanol–water partition coefficient (Wildman–Crippen LogP) is 0.171. The summed E-state index contributed by atoms with van der Waals surface area (Å²) in [6.45, 7) is 0.0986. The summed E-state index contributed by atoms with van der Waals surface area (Å²) in [5.41, 5.74) is 0. The Morgan fingerprint density at radius 3 is 3.10 bits per heavy atom. The van der Waals surface area contributed by atoms with Crippen molar-refractivity contribution in [1.82, 2.24) is 0 Å². The normalized spacial score (nSPS) is 17.7. The number of carbonyl (C=O) groups excluding carboxylic acids is 1. The second-order valence-electron chi connectivity index (χ2n) is 1.69. The second-order valence-corrected chi connectivity index (χ2v) is 1.69. The van der Waals surface area contributed by atoms with Crippen molar-refractivity contribution in [2.24, 2.45) is 5.92 Å². The van der Waals surface area contributed by atoms with Crippen molar-refractivity contribution >= 4 is 6.29 Å². The molecule has 1 aliphatic rings. The molecule has 0 bridgehead atoms. The van der Waals surface area contributed by atoms with E-state index in [0.717, 1.165) is 0 Å². The van der Waals surface area contributed by atoms with Crippen LogP contribution in [0.2, 0.25) is 0 Å². The number of aldehydes is 1. The van der Waals surface area contributed by atoms with E-state index in [1.54, 1.807) is 6.07 Å². The Bertz CT molecular complexity index is 204. The van der Waals surface area contributed by atoms with E-state index in [-0.39, 0.29) is 12.6 Å². The third kappa shape index (κ3) is 1.08. The highest BCUT2D eigenvalue weighted by Gasteiger charge is 2.17. The van der Waals surface area contributed by atoms with Crippen molar-refractivity contribution in [3.05, 3.63) is 12.0 Å². The van der Waals surface area contributed by atoms with Gasteiger partial charge in [-0.25, -0.2) is 0 Å². The van der Waals surface area contributed by atoms with Crippen LogP contribution in [0.25, 0.3) is 0 Å². The number of rotatable bonds is 2. The SMILES string of the molecule is N#CC(C=O)C1=COCO1. The zero-order chi connectivity index (χ0) is 7.40. The minimum Gasteiger partial charge on any atom is -0.462 e. The van der Waals surface area contributed by atoms with Gasteiger partial charge in [0.25, 0.3) is 0 Å². The Hall–Kier alpha value is -1.50. The second kappa shape index (κ2) is 2.87. The molecule has 52 valence electrons. The molecule has 1 rings (SSSR count). The summed E-state index contributed by atoms with van der Waals surface area (Å²) < 4.78 is 9.43. The van der Waals surface area contributed by atoms with E-state index in [1.165, 1.54) is 6.26 Å². The monoisotopic (exact) mass is 139 g/mol. The zero-order valence-corrected chi connectivity index (χ0v) is 5.11. The number of ether oxygens (including phenoxy) is 2. The molecule has 1 aliphatic heterocycles. The van der Waals surface area contributed by atoms with Gasteiger partial charge >= 0.3 is 0 Å². The van der Waals surface area contributed by atoms with Crippen molar-refractivity contribution in [2.75, 3.05) is 6.79 Å². The van der Waals surface area contributed by atoms with Gasteiger partial charge in [-0.15, -0.1) is 0 Å². The molecule has 0 aromatic carbocycles. The molecule has 1 heterocycles. The fraction of sp³-hybridized carbons (Fsp3) is 0.333. The third-order valence-electron chi connectivity index (χ3n) is 1.07. The first kappa shape index (κ1) is 6.62. The molecular weight excluding hydrogens is 134 g/mol. The lowest BCUT2D eigenvalue weighted by molar-refractivity contribution is -0.109. The highest BCUT2D eigenvalue weighted by molar-refractivity contribution is 5.62. The summed E-state index contributed by atoms with van der Waals surface area (Å²) >= 11 is 0. The maximum atomic E-state index is 10.1. The van der Waals surface area contributed by atoms with Gasteiger partial charge in [-0.05, 0) is 0 Å². The average molecular weight is 139 g/mol. The molecule has 0 saturated carbocycles. The summed E-state index contributed by atoms with van der Waals surface area (Å²) in [6.07, 6.45) is 1.79. The van der Waals surface area contributed by atoms with Crippen molar-refractivity contribution in [2.45, 2.75) is 0 Å². The van der Waals surface area contributed by atoms with Crippen molar-refractivity contribution in [3.8, 4) is 6.07 Å². The van der Waals surface area contributed by atoms with Crippen molar-refractivity contribution in [1.29, 1.82) is 5.26 Å². The first-order chi connectivity index (χ1) is 4.88.